The summed E-state index contributed by atoms with van der Waals surface area (Å²) in [6, 6.07) is 8.99. The average Bonchev–Trinajstić information content (AvgIpc) is 2.16. The fourth-order valence-corrected chi connectivity index (χ4v) is 1.01. The molecule has 0 bridgehead atoms. The van der Waals surface area contributed by atoms with E-state index in [2.05, 4.69) is 6.58 Å². The molecule has 0 spiro atoms. The number of carbonyl (C=O) groups is 1. The van der Waals surface area contributed by atoms with Gasteiger partial charge in [-0.05, 0) is 39.5 Å². The third-order valence-corrected chi connectivity index (χ3v) is 1.61. The van der Waals surface area contributed by atoms with Crippen molar-refractivity contribution in [3.63, 3.8) is 0 Å². The molecule has 0 aliphatic carbocycles. The van der Waals surface area contributed by atoms with Gasteiger partial charge < -0.3 is 9.47 Å². The lowest BCUT2D eigenvalue weighted by atomic mass is 10.2. The molecule has 0 N–H and O–H groups in total. The van der Waals surface area contributed by atoms with Crippen LogP contribution in [0.2, 0.25) is 0 Å². The minimum Gasteiger partial charge on any atom is -0.454 e. The molecule has 0 atom stereocenters. The summed E-state index contributed by atoms with van der Waals surface area (Å²) in [4.78, 5) is 11.5. The van der Waals surface area contributed by atoms with E-state index >= 15 is 0 Å². The number of esters is 1. The predicted molar refractivity (Wildman–Crippen MR) is 62.1 cm³/mol. The first-order valence-electron chi connectivity index (χ1n) is 5.03. The molecule has 0 radical (unpaired) electrons. The van der Waals surface area contributed by atoms with Gasteiger partial charge in [0.1, 0.15) is 11.4 Å². The fourth-order valence-electron chi connectivity index (χ4n) is 1.01. The number of para-hydroxylation sites is 1. The molecular weight excluding hydrogens is 204 g/mol. The summed E-state index contributed by atoms with van der Waals surface area (Å²) >= 11 is 0. The molecular formula is C13H16O3. The van der Waals surface area contributed by atoms with Crippen molar-refractivity contribution in [2.24, 2.45) is 0 Å². The zero-order valence-corrected chi connectivity index (χ0v) is 9.82. The van der Waals surface area contributed by atoms with E-state index in [1.165, 1.54) is 0 Å². The van der Waals surface area contributed by atoms with Crippen molar-refractivity contribution in [3.05, 3.63) is 42.7 Å². The maximum atomic E-state index is 11.5. The molecule has 16 heavy (non-hydrogen) atoms. The highest BCUT2D eigenvalue weighted by Crippen LogP contribution is 2.15. The molecule has 0 aliphatic rings. The minimum absolute atomic E-state index is 0.0128. The first-order valence-corrected chi connectivity index (χ1v) is 5.03. The molecule has 0 unspecified atom stereocenters. The molecule has 1 rings (SSSR count). The Bertz CT molecular complexity index is 374. The lowest BCUT2D eigenvalue weighted by Crippen LogP contribution is -2.26. The Labute approximate surface area is 95.7 Å². The summed E-state index contributed by atoms with van der Waals surface area (Å²) in [6.07, 6.45) is 0. The predicted octanol–water partition coefficient (Wildman–Crippen LogP) is 2.92. The Kier molecular flexibility index (Phi) is 3.72. The van der Waals surface area contributed by atoms with Crippen molar-refractivity contribution in [2.45, 2.75) is 26.4 Å². The lowest BCUT2D eigenvalue weighted by Gasteiger charge is -2.20. The van der Waals surface area contributed by atoms with Crippen LogP contribution in [0.3, 0.4) is 0 Å². The van der Waals surface area contributed by atoms with Gasteiger partial charge in [-0.3, -0.25) is 0 Å². The number of benzene rings is 1. The summed E-state index contributed by atoms with van der Waals surface area (Å²) in [6.45, 7) is 8.91. The second-order valence-corrected chi connectivity index (χ2v) is 4.34. The van der Waals surface area contributed by atoms with Gasteiger partial charge in [0.2, 0.25) is 5.76 Å². The van der Waals surface area contributed by atoms with Crippen LogP contribution >= 0.6 is 0 Å². The van der Waals surface area contributed by atoms with Crippen LogP contribution in [0.15, 0.2) is 42.7 Å². The van der Waals surface area contributed by atoms with Crippen molar-refractivity contribution in [2.75, 3.05) is 0 Å². The highest BCUT2D eigenvalue weighted by atomic mass is 16.6. The molecule has 0 aliphatic heterocycles. The molecule has 0 saturated carbocycles. The zero-order chi connectivity index (χ0) is 12.2. The normalized spacial score (nSPS) is 10.7. The Morgan fingerprint density at radius 3 is 2.25 bits per heavy atom. The maximum absolute atomic E-state index is 11.5. The van der Waals surface area contributed by atoms with Crippen molar-refractivity contribution < 1.29 is 14.3 Å². The standard InChI is InChI=1S/C13H16O3/c1-10(12(14)16-13(2,3)4)15-11-8-6-5-7-9-11/h5-9H,1H2,2-4H3. The van der Waals surface area contributed by atoms with Gasteiger partial charge in [-0.2, -0.15) is 0 Å². The molecule has 86 valence electrons. The van der Waals surface area contributed by atoms with Crippen LogP contribution in [0.1, 0.15) is 20.8 Å². The highest BCUT2D eigenvalue weighted by Gasteiger charge is 2.19. The second-order valence-electron chi connectivity index (χ2n) is 4.34. The Morgan fingerprint density at radius 1 is 1.19 bits per heavy atom. The number of ether oxygens (including phenoxy) is 2. The van der Waals surface area contributed by atoms with Crippen LogP contribution in [0.25, 0.3) is 0 Å². The number of hydrogen-bond donors (Lipinski definition) is 0. The Morgan fingerprint density at radius 2 is 1.75 bits per heavy atom. The zero-order valence-electron chi connectivity index (χ0n) is 9.82. The lowest BCUT2D eigenvalue weighted by molar-refractivity contribution is -0.152. The number of carbonyl (C=O) groups excluding carboxylic acids is 1. The first-order chi connectivity index (χ1) is 7.38. The summed E-state index contributed by atoms with van der Waals surface area (Å²) in [5.74, 6) is 0.0100. The van der Waals surface area contributed by atoms with E-state index in [9.17, 15) is 4.79 Å². The van der Waals surface area contributed by atoms with Crippen molar-refractivity contribution in [1.82, 2.24) is 0 Å². The van der Waals surface area contributed by atoms with E-state index in [1.54, 1.807) is 32.9 Å². The Balaban J connectivity index is 2.57. The van der Waals surface area contributed by atoms with Gasteiger partial charge in [0.05, 0.1) is 0 Å². The SMILES string of the molecule is C=C(Oc1ccccc1)C(=O)OC(C)(C)C. The highest BCUT2D eigenvalue weighted by molar-refractivity contribution is 5.86. The molecule has 3 nitrogen and oxygen atoms in total. The molecule has 0 heterocycles. The maximum Gasteiger partial charge on any atom is 0.374 e. The van der Waals surface area contributed by atoms with E-state index in [4.69, 9.17) is 9.47 Å². The molecule has 3 heteroatoms. The van der Waals surface area contributed by atoms with Crippen LogP contribution in [-0.2, 0) is 9.53 Å². The van der Waals surface area contributed by atoms with Gasteiger partial charge >= 0.3 is 5.97 Å². The van der Waals surface area contributed by atoms with Crippen LogP contribution in [0.5, 0.6) is 5.75 Å². The smallest absolute Gasteiger partial charge is 0.374 e. The van der Waals surface area contributed by atoms with Gasteiger partial charge in [0.15, 0.2) is 0 Å². The third kappa shape index (κ3) is 4.17. The molecule has 0 saturated heterocycles. The number of rotatable bonds is 3. The van der Waals surface area contributed by atoms with E-state index in [0.717, 1.165) is 0 Å². The van der Waals surface area contributed by atoms with E-state index < -0.39 is 11.6 Å². The van der Waals surface area contributed by atoms with Crippen LogP contribution in [0.4, 0.5) is 0 Å². The van der Waals surface area contributed by atoms with Crippen molar-refractivity contribution >= 4 is 5.97 Å². The van der Waals surface area contributed by atoms with Crippen molar-refractivity contribution in [3.8, 4) is 5.75 Å². The first kappa shape index (κ1) is 12.3. The minimum atomic E-state index is -0.545. The van der Waals surface area contributed by atoms with E-state index in [0.29, 0.717) is 5.75 Å². The van der Waals surface area contributed by atoms with Crippen LogP contribution < -0.4 is 4.74 Å². The monoisotopic (exact) mass is 220 g/mol. The van der Waals surface area contributed by atoms with Gasteiger partial charge in [0.25, 0.3) is 0 Å². The average molecular weight is 220 g/mol. The summed E-state index contributed by atoms with van der Waals surface area (Å²) < 4.78 is 10.4. The molecule has 1 aromatic rings. The Hall–Kier alpha value is -1.77. The van der Waals surface area contributed by atoms with Gasteiger partial charge in [-0.1, -0.05) is 18.2 Å². The van der Waals surface area contributed by atoms with Gasteiger partial charge in [0, 0.05) is 0 Å². The van der Waals surface area contributed by atoms with Crippen LogP contribution in [0, 0.1) is 0 Å². The van der Waals surface area contributed by atoms with Gasteiger partial charge in [-0.25, -0.2) is 4.79 Å². The number of hydrogen-bond acceptors (Lipinski definition) is 3. The van der Waals surface area contributed by atoms with E-state index in [1.807, 2.05) is 18.2 Å². The molecule has 0 amide bonds. The van der Waals surface area contributed by atoms with Crippen molar-refractivity contribution in [1.29, 1.82) is 0 Å². The molecule has 0 fully saturated rings. The second kappa shape index (κ2) is 4.84. The van der Waals surface area contributed by atoms with Crippen LogP contribution in [-0.4, -0.2) is 11.6 Å². The fraction of sp³-hybridized carbons (Fsp3) is 0.308. The third-order valence-electron chi connectivity index (χ3n) is 1.61. The summed E-state index contributed by atoms with van der Waals surface area (Å²) in [5.41, 5.74) is -0.542. The quantitative estimate of drug-likeness (QED) is 0.446. The molecule has 0 aromatic heterocycles. The topological polar surface area (TPSA) is 35.5 Å². The van der Waals surface area contributed by atoms with Gasteiger partial charge in [-0.15, -0.1) is 0 Å². The van der Waals surface area contributed by atoms with E-state index in [-0.39, 0.29) is 5.76 Å². The largest absolute Gasteiger partial charge is 0.454 e. The summed E-state index contributed by atoms with van der Waals surface area (Å²) in [5, 5.41) is 0. The molecule has 1 aromatic carbocycles. The summed E-state index contributed by atoms with van der Waals surface area (Å²) in [7, 11) is 0.